The SMILES string of the molecule is Cn1nc(C2CCN(C(=O)CS(C)(=O)=O)CC2)n(Cc2ccccc2)c1=O. The fourth-order valence-corrected chi connectivity index (χ4v) is 4.07. The van der Waals surface area contributed by atoms with Crippen molar-refractivity contribution in [3.63, 3.8) is 0 Å². The molecule has 1 fully saturated rings. The number of carbonyl (C=O) groups is 1. The van der Waals surface area contributed by atoms with Gasteiger partial charge in [-0.15, -0.1) is 0 Å². The van der Waals surface area contributed by atoms with Gasteiger partial charge in [-0.2, -0.15) is 5.10 Å². The number of aryl methyl sites for hydroxylation is 1. The Bertz CT molecular complexity index is 971. The number of piperidine rings is 1. The first-order valence-corrected chi connectivity index (χ1v) is 10.9. The van der Waals surface area contributed by atoms with Crippen molar-refractivity contribution < 1.29 is 13.2 Å². The van der Waals surface area contributed by atoms with Gasteiger partial charge < -0.3 is 4.90 Å². The number of nitrogens with zero attached hydrogens (tertiary/aromatic N) is 4. The van der Waals surface area contributed by atoms with Crippen LogP contribution in [0.5, 0.6) is 0 Å². The first-order chi connectivity index (χ1) is 12.7. The number of likely N-dealkylation sites (tertiary alicyclic amines) is 1. The molecule has 0 spiro atoms. The summed E-state index contributed by atoms with van der Waals surface area (Å²) in [5, 5.41) is 4.43. The summed E-state index contributed by atoms with van der Waals surface area (Å²) >= 11 is 0. The van der Waals surface area contributed by atoms with E-state index in [0.29, 0.717) is 32.5 Å². The summed E-state index contributed by atoms with van der Waals surface area (Å²) in [5.74, 6) is -0.0370. The molecule has 1 amide bonds. The Morgan fingerprint density at radius 2 is 1.81 bits per heavy atom. The molecule has 1 saturated heterocycles. The van der Waals surface area contributed by atoms with Gasteiger partial charge in [0.25, 0.3) is 0 Å². The summed E-state index contributed by atoms with van der Waals surface area (Å²) in [6, 6.07) is 9.73. The zero-order valence-corrected chi connectivity index (χ0v) is 16.4. The first kappa shape index (κ1) is 19.3. The van der Waals surface area contributed by atoms with Gasteiger partial charge in [0.05, 0.1) is 6.54 Å². The Morgan fingerprint density at radius 1 is 1.19 bits per heavy atom. The van der Waals surface area contributed by atoms with Gasteiger partial charge in [-0.1, -0.05) is 30.3 Å². The summed E-state index contributed by atoms with van der Waals surface area (Å²) in [4.78, 5) is 26.2. The highest BCUT2D eigenvalue weighted by Crippen LogP contribution is 2.26. The van der Waals surface area contributed by atoms with E-state index in [0.717, 1.165) is 17.6 Å². The monoisotopic (exact) mass is 392 g/mol. The Kier molecular flexibility index (Phi) is 5.50. The normalized spacial score (nSPS) is 15.9. The predicted molar refractivity (Wildman–Crippen MR) is 101 cm³/mol. The molecule has 3 rings (SSSR count). The quantitative estimate of drug-likeness (QED) is 0.733. The summed E-state index contributed by atoms with van der Waals surface area (Å²) in [6.07, 6.45) is 2.37. The zero-order chi connectivity index (χ0) is 19.6. The third kappa shape index (κ3) is 4.65. The minimum Gasteiger partial charge on any atom is -0.342 e. The maximum Gasteiger partial charge on any atom is 0.345 e. The van der Waals surface area contributed by atoms with E-state index in [-0.39, 0.29) is 17.5 Å². The van der Waals surface area contributed by atoms with Crippen molar-refractivity contribution in [1.82, 2.24) is 19.2 Å². The number of carbonyl (C=O) groups excluding carboxylic acids is 1. The molecule has 0 saturated carbocycles. The van der Waals surface area contributed by atoms with Crippen LogP contribution in [0.25, 0.3) is 0 Å². The molecule has 1 aromatic heterocycles. The van der Waals surface area contributed by atoms with Crippen molar-refractivity contribution in [2.75, 3.05) is 25.1 Å². The van der Waals surface area contributed by atoms with E-state index in [9.17, 15) is 18.0 Å². The van der Waals surface area contributed by atoms with Gasteiger partial charge in [-0.05, 0) is 18.4 Å². The summed E-state index contributed by atoms with van der Waals surface area (Å²) in [5.41, 5.74) is 0.860. The van der Waals surface area contributed by atoms with Crippen molar-refractivity contribution in [2.45, 2.75) is 25.3 Å². The van der Waals surface area contributed by atoms with E-state index >= 15 is 0 Å². The van der Waals surface area contributed by atoms with Crippen LogP contribution in [0.1, 0.15) is 30.1 Å². The van der Waals surface area contributed by atoms with E-state index in [2.05, 4.69) is 5.10 Å². The Balaban J connectivity index is 1.74. The number of hydrogen-bond acceptors (Lipinski definition) is 5. The standard InChI is InChI=1S/C18H24N4O4S/c1-20-18(24)22(12-14-6-4-3-5-7-14)17(19-20)15-8-10-21(11-9-15)16(23)13-27(2,25)26/h3-7,15H,8-13H2,1-2H3. The van der Waals surface area contributed by atoms with Crippen LogP contribution >= 0.6 is 0 Å². The van der Waals surface area contributed by atoms with E-state index in [4.69, 9.17) is 0 Å². The average molecular weight is 392 g/mol. The molecule has 8 nitrogen and oxygen atoms in total. The van der Waals surface area contributed by atoms with Gasteiger partial charge in [0, 0.05) is 32.3 Å². The summed E-state index contributed by atoms with van der Waals surface area (Å²) in [6.45, 7) is 1.39. The third-order valence-corrected chi connectivity index (χ3v) is 5.59. The van der Waals surface area contributed by atoms with Gasteiger partial charge in [0.2, 0.25) is 5.91 Å². The molecule has 27 heavy (non-hydrogen) atoms. The average Bonchev–Trinajstić information content (AvgIpc) is 2.90. The van der Waals surface area contributed by atoms with Crippen LogP contribution in [0.4, 0.5) is 0 Å². The molecule has 2 heterocycles. The maximum atomic E-state index is 12.5. The Hall–Kier alpha value is -2.42. The van der Waals surface area contributed by atoms with Crippen LogP contribution in [0, 0.1) is 0 Å². The second-order valence-corrected chi connectivity index (χ2v) is 9.20. The molecule has 0 bridgehead atoms. The maximum absolute atomic E-state index is 12.5. The molecule has 0 N–H and O–H groups in total. The van der Waals surface area contributed by atoms with E-state index in [1.165, 1.54) is 4.68 Å². The number of benzene rings is 1. The molecule has 0 atom stereocenters. The van der Waals surface area contributed by atoms with Gasteiger partial charge in [0.15, 0.2) is 9.84 Å². The molecule has 146 valence electrons. The second kappa shape index (κ2) is 7.67. The van der Waals surface area contributed by atoms with Crippen molar-refractivity contribution in [1.29, 1.82) is 0 Å². The van der Waals surface area contributed by atoms with Crippen molar-refractivity contribution >= 4 is 15.7 Å². The summed E-state index contributed by atoms with van der Waals surface area (Å²) < 4.78 is 25.7. The van der Waals surface area contributed by atoms with Crippen molar-refractivity contribution in [2.24, 2.45) is 7.05 Å². The van der Waals surface area contributed by atoms with Gasteiger partial charge >= 0.3 is 5.69 Å². The van der Waals surface area contributed by atoms with Gasteiger partial charge in [-0.25, -0.2) is 17.9 Å². The Labute approximate surface area is 158 Å². The fraction of sp³-hybridized carbons (Fsp3) is 0.500. The lowest BCUT2D eigenvalue weighted by Crippen LogP contribution is -2.41. The fourth-order valence-electron chi connectivity index (χ4n) is 3.44. The van der Waals surface area contributed by atoms with Crippen LogP contribution in [0.15, 0.2) is 35.1 Å². The lowest BCUT2D eigenvalue weighted by atomic mass is 9.96. The van der Waals surface area contributed by atoms with Crippen LogP contribution < -0.4 is 5.69 Å². The van der Waals surface area contributed by atoms with Crippen LogP contribution in [-0.2, 0) is 28.2 Å². The minimum absolute atomic E-state index is 0.0601. The molecular weight excluding hydrogens is 368 g/mol. The molecule has 9 heteroatoms. The van der Waals surface area contributed by atoms with Gasteiger partial charge in [-0.3, -0.25) is 9.36 Å². The minimum atomic E-state index is -3.33. The van der Waals surface area contributed by atoms with Crippen LogP contribution in [0.3, 0.4) is 0 Å². The topological polar surface area (TPSA) is 94.3 Å². The number of rotatable bonds is 5. The molecule has 1 aliphatic heterocycles. The Morgan fingerprint density at radius 3 is 2.41 bits per heavy atom. The third-order valence-electron chi connectivity index (χ3n) is 4.82. The number of sulfone groups is 1. The van der Waals surface area contributed by atoms with E-state index in [1.54, 1.807) is 16.5 Å². The zero-order valence-electron chi connectivity index (χ0n) is 15.5. The van der Waals surface area contributed by atoms with Crippen molar-refractivity contribution in [3.8, 4) is 0 Å². The van der Waals surface area contributed by atoms with Crippen LogP contribution in [0.2, 0.25) is 0 Å². The highest BCUT2D eigenvalue weighted by Gasteiger charge is 2.29. The lowest BCUT2D eigenvalue weighted by Gasteiger charge is -2.31. The predicted octanol–water partition coefficient (Wildman–Crippen LogP) is 0.381. The number of aromatic nitrogens is 3. The lowest BCUT2D eigenvalue weighted by molar-refractivity contribution is -0.129. The molecule has 2 aromatic rings. The van der Waals surface area contributed by atoms with E-state index < -0.39 is 15.6 Å². The van der Waals surface area contributed by atoms with Crippen LogP contribution in [-0.4, -0.2) is 58.7 Å². The largest absolute Gasteiger partial charge is 0.345 e. The molecule has 0 radical (unpaired) electrons. The highest BCUT2D eigenvalue weighted by atomic mass is 32.2. The molecule has 0 aliphatic carbocycles. The number of amides is 1. The second-order valence-electron chi connectivity index (χ2n) is 7.06. The summed E-state index contributed by atoms with van der Waals surface area (Å²) in [7, 11) is -1.70. The molecule has 0 unspecified atom stereocenters. The number of hydrogen-bond donors (Lipinski definition) is 0. The van der Waals surface area contributed by atoms with Crippen molar-refractivity contribution in [3.05, 3.63) is 52.2 Å². The van der Waals surface area contributed by atoms with Gasteiger partial charge in [0.1, 0.15) is 11.6 Å². The molecule has 1 aromatic carbocycles. The van der Waals surface area contributed by atoms with E-state index in [1.807, 2.05) is 30.3 Å². The smallest absolute Gasteiger partial charge is 0.342 e. The highest BCUT2D eigenvalue weighted by molar-refractivity contribution is 7.91. The first-order valence-electron chi connectivity index (χ1n) is 8.88. The molecule has 1 aliphatic rings. The molecular formula is C18H24N4O4S.